The van der Waals surface area contributed by atoms with Gasteiger partial charge in [0.2, 0.25) is 0 Å². The summed E-state index contributed by atoms with van der Waals surface area (Å²) in [4.78, 5) is 10.5. The number of rotatable bonds is 6. The molecule has 0 aliphatic heterocycles. The van der Waals surface area contributed by atoms with Crippen LogP contribution in [-0.2, 0) is 6.54 Å². The van der Waals surface area contributed by atoms with E-state index in [1.54, 1.807) is 18.5 Å². The molecule has 0 spiro atoms. The summed E-state index contributed by atoms with van der Waals surface area (Å²) in [5, 5.41) is 4.29. The molecule has 0 amide bonds. The Morgan fingerprint density at radius 3 is 2.57 bits per heavy atom. The molecule has 4 nitrogen and oxygen atoms in total. The second-order valence-corrected chi connectivity index (χ2v) is 5.58. The van der Waals surface area contributed by atoms with E-state index in [1.165, 1.54) is 0 Å². The van der Waals surface area contributed by atoms with Gasteiger partial charge in [0.15, 0.2) is 0 Å². The van der Waals surface area contributed by atoms with Crippen molar-refractivity contribution in [3.8, 4) is 0 Å². The minimum Gasteiger partial charge on any atom is -0.369 e. The first-order valence-corrected chi connectivity index (χ1v) is 7.57. The van der Waals surface area contributed by atoms with Gasteiger partial charge >= 0.3 is 0 Å². The van der Waals surface area contributed by atoms with Crippen LogP contribution in [0.25, 0.3) is 0 Å². The molecule has 0 aromatic carbocycles. The fourth-order valence-corrected chi connectivity index (χ4v) is 2.50. The van der Waals surface area contributed by atoms with Crippen molar-refractivity contribution in [2.75, 3.05) is 23.8 Å². The van der Waals surface area contributed by atoms with Crippen molar-refractivity contribution in [3.05, 3.63) is 46.2 Å². The van der Waals surface area contributed by atoms with Gasteiger partial charge < -0.3 is 10.2 Å². The second-order valence-electron chi connectivity index (χ2n) is 4.76. The summed E-state index contributed by atoms with van der Waals surface area (Å²) in [6, 6.07) is 5.67. The number of nitrogens with one attached hydrogen (secondary N) is 1. The van der Waals surface area contributed by atoms with Gasteiger partial charge in [0.1, 0.15) is 11.6 Å². The standard InChI is InChI=1S/C15H18Cl2N4/c1-3-6-19-14-12(16)9-13(17)15(20-14)21(2)10-11-4-7-18-8-5-11/h4-5,7-9H,3,6,10H2,1-2H3,(H,19,20). The molecule has 0 saturated carbocycles. The Kier molecular flexibility index (Phi) is 5.65. The largest absolute Gasteiger partial charge is 0.369 e. The molecule has 21 heavy (non-hydrogen) atoms. The SMILES string of the molecule is CCCNc1nc(N(C)Cc2ccncc2)c(Cl)cc1Cl. The van der Waals surface area contributed by atoms with E-state index in [0.717, 1.165) is 18.5 Å². The van der Waals surface area contributed by atoms with Gasteiger partial charge in [-0.1, -0.05) is 30.1 Å². The summed E-state index contributed by atoms with van der Waals surface area (Å²) in [6.07, 6.45) is 4.55. The molecular formula is C15H18Cl2N4. The quantitative estimate of drug-likeness (QED) is 0.862. The first kappa shape index (κ1) is 15.9. The monoisotopic (exact) mass is 324 g/mol. The maximum absolute atomic E-state index is 6.27. The van der Waals surface area contributed by atoms with Crippen LogP contribution in [-0.4, -0.2) is 23.6 Å². The Balaban J connectivity index is 2.21. The Morgan fingerprint density at radius 2 is 1.90 bits per heavy atom. The highest BCUT2D eigenvalue weighted by Gasteiger charge is 2.13. The lowest BCUT2D eigenvalue weighted by Gasteiger charge is -2.21. The van der Waals surface area contributed by atoms with Crippen molar-refractivity contribution in [1.29, 1.82) is 0 Å². The molecule has 0 unspecified atom stereocenters. The smallest absolute Gasteiger partial charge is 0.149 e. The molecule has 0 saturated heterocycles. The van der Waals surface area contributed by atoms with Gasteiger partial charge in [0.25, 0.3) is 0 Å². The molecule has 2 rings (SSSR count). The number of pyridine rings is 2. The highest BCUT2D eigenvalue weighted by atomic mass is 35.5. The molecular weight excluding hydrogens is 307 g/mol. The third-order valence-corrected chi connectivity index (χ3v) is 3.55. The molecule has 2 aromatic rings. The molecule has 6 heteroatoms. The molecule has 0 aliphatic rings. The van der Waals surface area contributed by atoms with E-state index in [0.29, 0.717) is 28.2 Å². The van der Waals surface area contributed by atoms with Gasteiger partial charge in [-0.15, -0.1) is 0 Å². The van der Waals surface area contributed by atoms with Crippen LogP contribution in [0.1, 0.15) is 18.9 Å². The minimum absolute atomic E-state index is 0.537. The molecule has 0 atom stereocenters. The van der Waals surface area contributed by atoms with E-state index < -0.39 is 0 Å². The Hall–Kier alpha value is -1.52. The second kappa shape index (κ2) is 7.48. The van der Waals surface area contributed by atoms with Crippen LogP contribution >= 0.6 is 23.2 Å². The summed E-state index contributed by atoms with van der Waals surface area (Å²) in [5.74, 6) is 1.37. The van der Waals surface area contributed by atoms with Crippen LogP contribution in [0.15, 0.2) is 30.6 Å². The number of nitrogens with zero attached hydrogens (tertiary/aromatic N) is 3. The van der Waals surface area contributed by atoms with Crippen LogP contribution in [0.5, 0.6) is 0 Å². The number of hydrogen-bond acceptors (Lipinski definition) is 4. The summed E-state index contributed by atoms with van der Waals surface area (Å²) in [7, 11) is 1.95. The summed E-state index contributed by atoms with van der Waals surface area (Å²) in [6.45, 7) is 3.61. The zero-order valence-corrected chi connectivity index (χ0v) is 13.6. The Bertz CT molecular complexity index is 590. The number of halogens is 2. The molecule has 0 aliphatic carbocycles. The van der Waals surface area contributed by atoms with E-state index in [9.17, 15) is 0 Å². The zero-order chi connectivity index (χ0) is 15.2. The van der Waals surface area contributed by atoms with Crippen LogP contribution < -0.4 is 10.2 Å². The molecule has 112 valence electrons. The summed E-state index contributed by atoms with van der Waals surface area (Å²) in [5.41, 5.74) is 1.14. The number of anilines is 2. The summed E-state index contributed by atoms with van der Waals surface area (Å²) < 4.78 is 0. The highest BCUT2D eigenvalue weighted by Crippen LogP contribution is 2.31. The van der Waals surface area contributed by atoms with Crippen LogP contribution in [0, 0.1) is 0 Å². The van der Waals surface area contributed by atoms with Crippen LogP contribution in [0.4, 0.5) is 11.6 Å². The third-order valence-electron chi connectivity index (χ3n) is 2.98. The van der Waals surface area contributed by atoms with Crippen molar-refractivity contribution in [3.63, 3.8) is 0 Å². The number of aromatic nitrogens is 2. The lowest BCUT2D eigenvalue weighted by atomic mass is 10.2. The molecule has 2 aromatic heterocycles. The van der Waals surface area contributed by atoms with Crippen molar-refractivity contribution in [2.24, 2.45) is 0 Å². The fraction of sp³-hybridized carbons (Fsp3) is 0.333. The van der Waals surface area contributed by atoms with E-state index in [2.05, 4.69) is 22.2 Å². The molecule has 0 radical (unpaired) electrons. The van der Waals surface area contributed by atoms with Gasteiger partial charge in [-0.25, -0.2) is 4.98 Å². The minimum atomic E-state index is 0.537. The third kappa shape index (κ3) is 4.22. The van der Waals surface area contributed by atoms with E-state index in [-0.39, 0.29) is 0 Å². The van der Waals surface area contributed by atoms with E-state index in [4.69, 9.17) is 23.2 Å². The fourth-order valence-electron chi connectivity index (χ4n) is 1.93. The van der Waals surface area contributed by atoms with Gasteiger partial charge in [0.05, 0.1) is 10.0 Å². The maximum atomic E-state index is 6.27. The highest BCUT2D eigenvalue weighted by molar-refractivity contribution is 6.37. The average molecular weight is 325 g/mol. The molecule has 2 heterocycles. The first-order chi connectivity index (χ1) is 10.1. The van der Waals surface area contributed by atoms with Crippen LogP contribution in [0.2, 0.25) is 10.0 Å². The topological polar surface area (TPSA) is 41.1 Å². The first-order valence-electron chi connectivity index (χ1n) is 6.81. The predicted molar refractivity (Wildman–Crippen MR) is 89.4 cm³/mol. The van der Waals surface area contributed by atoms with Crippen molar-refractivity contribution in [2.45, 2.75) is 19.9 Å². The van der Waals surface area contributed by atoms with Gasteiger partial charge in [-0.2, -0.15) is 0 Å². The lowest BCUT2D eigenvalue weighted by Crippen LogP contribution is -2.19. The van der Waals surface area contributed by atoms with Crippen molar-refractivity contribution >= 4 is 34.8 Å². The van der Waals surface area contributed by atoms with Gasteiger partial charge in [-0.05, 0) is 30.2 Å². The lowest BCUT2D eigenvalue weighted by molar-refractivity contribution is 0.892. The number of hydrogen-bond donors (Lipinski definition) is 1. The van der Waals surface area contributed by atoms with Crippen LogP contribution in [0.3, 0.4) is 0 Å². The Labute approximate surface area is 135 Å². The average Bonchev–Trinajstić information content (AvgIpc) is 2.47. The predicted octanol–water partition coefficient (Wildman–Crippen LogP) is 4.24. The molecule has 0 fully saturated rings. The zero-order valence-electron chi connectivity index (χ0n) is 12.1. The van der Waals surface area contributed by atoms with Gasteiger partial charge in [0, 0.05) is 32.5 Å². The molecule has 0 bridgehead atoms. The van der Waals surface area contributed by atoms with E-state index >= 15 is 0 Å². The summed E-state index contributed by atoms with van der Waals surface area (Å²) >= 11 is 12.4. The Morgan fingerprint density at radius 1 is 1.19 bits per heavy atom. The maximum Gasteiger partial charge on any atom is 0.149 e. The molecule has 1 N–H and O–H groups in total. The van der Waals surface area contributed by atoms with Gasteiger partial charge in [-0.3, -0.25) is 4.98 Å². The normalized spacial score (nSPS) is 10.5. The van der Waals surface area contributed by atoms with Crippen molar-refractivity contribution < 1.29 is 0 Å². The van der Waals surface area contributed by atoms with E-state index in [1.807, 2.05) is 24.1 Å². The van der Waals surface area contributed by atoms with Crippen molar-refractivity contribution in [1.82, 2.24) is 9.97 Å².